The quantitative estimate of drug-likeness (QED) is 0.849. The zero-order chi connectivity index (χ0) is 12.8. The van der Waals surface area contributed by atoms with Crippen LogP contribution in [0.1, 0.15) is 31.9 Å². The Hall–Kier alpha value is -0.580. The average Bonchev–Trinajstić information content (AvgIpc) is 2.28. The molecule has 0 fully saturated rings. The van der Waals surface area contributed by atoms with Gasteiger partial charge in [-0.3, -0.25) is 0 Å². The van der Waals surface area contributed by atoms with Gasteiger partial charge in [-0.05, 0) is 38.0 Å². The van der Waals surface area contributed by atoms with Gasteiger partial charge in [0.25, 0.3) is 0 Å². The molecule has 2 N–H and O–H groups in total. The van der Waals surface area contributed by atoms with Gasteiger partial charge in [0.2, 0.25) is 0 Å². The lowest BCUT2D eigenvalue weighted by molar-refractivity contribution is 0.264. The van der Waals surface area contributed by atoms with E-state index < -0.39 is 0 Å². The van der Waals surface area contributed by atoms with Crippen molar-refractivity contribution in [2.75, 3.05) is 13.7 Å². The molecule has 0 radical (unpaired) electrons. The van der Waals surface area contributed by atoms with Gasteiger partial charge in [0.15, 0.2) is 0 Å². The van der Waals surface area contributed by atoms with E-state index in [0.717, 1.165) is 16.6 Å². The first kappa shape index (κ1) is 14.5. The second-order valence-electron chi connectivity index (χ2n) is 4.19. The number of aliphatic hydroxyl groups is 1. The smallest absolute Gasteiger partial charge is 0.120 e. The van der Waals surface area contributed by atoms with Crippen LogP contribution in [0, 0.1) is 0 Å². The topological polar surface area (TPSA) is 41.5 Å². The Kier molecular flexibility index (Phi) is 5.95. The molecule has 0 spiro atoms. The lowest BCUT2D eigenvalue weighted by atomic mass is 10.1. The molecule has 0 saturated heterocycles. The number of ether oxygens (including phenoxy) is 1. The molecule has 0 aliphatic heterocycles. The van der Waals surface area contributed by atoms with Crippen molar-refractivity contribution >= 4 is 15.9 Å². The van der Waals surface area contributed by atoms with Gasteiger partial charge in [0.1, 0.15) is 5.75 Å². The highest BCUT2D eigenvalue weighted by Crippen LogP contribution is 2.27. The van der Waals surface area contributed by atoms with Gasteiger partial charge in [-0.15, -0.1) is 0 Å². The lowest BCUT2D eigenvalue weighted by Crippen LogP contribution is -2.29. The maximum Gasteiger partial charge on any atom is 0.120 e. The summed E-state index contributed by atoms with van der Waals surface area (Å²) < 4.78 is 6.20. The Balaban J connectivity index is 2.71. The van der Waals surface area contributed by atoms with Crippen molar-refractivity contribution in [3.05, 3.63) is 28.2 Å². The number of hydrogen-bond acceptors (Lipinski definition) is 3. The Labute approximate surface area is 111 Å². The van der Waals surface area contributed by atoms with E-state index in [2.05, 4.69) is 35.1 Å². The number of benzene rings is 1. The number of rotatable bonds is 6. The molecule has 0 saturated carbocycles. The average molecular weight is 302 g/mol. The lowest BCUT2D eigenvalue weighted by Gasteiger charge is -2.21. The zero-order valence-corrected chi connectivity index (χ0v) is 12.1. The van der Waals surface area contributed by atoms with Gasteiger partial charge in [0.05, 0.1) is 7.11 Å². The maximum atomic E-state index is 8.88. The fraction of sp³-hybridized carbons (Fsp3) is 0.538. The van der Waals surface area contributed by atoms with Gasteiger partial charge < -0.3 is 15.2 Å². The van der Waals surface area contributed by atoms with Crippen LogP contribution in [0.25, 0.3) is 0 Å². The number of nitrogens with one attached hydrogen (secondary N) is 1. The van der Waals surface area contributed by atoms with E-state index in [1.165, 1.54) is 5.56 Å². The highest BCUT2D eigenvalue weighted by atomic mass is 79.9. The minimum absolute atomic E-state index is 0.213. The number of halogens is 1. The van der Waals surface area contributed by atoms with Crippen LogP contribution in [0.2, 0.25) is 0 Å². The fourth-order valence-corrected chi connectivity index (χ4v) is 2.48. The summed E-state index contributed by atoms with van der Waals surface area (Å²) >= 11 is 3.55. The summed E-state index contributed by atoms with van der Waals surface area (Å²) in [6, 6.07) is 6.49. The first-order valence-corrected chi connectivity index (χ1v) is 6.58. The highest BCUT2D eigenvalue weighted by Gasteiger charge is 2.12. The van der Waals surface area contributed by atoms with Crippen molar-refractivity contribution in [3.8, 4) is 5.75 Å². The van der Waals surface area contributed by atoms with Crippen molar-refractivity contribution in [2.24, 2.45) is 0 Å². The molecule has 17 heavy (non-hydrogen) atoms. The van der Waals surface area contributed by atoms with Crippen LogP contribution in [0.3, 0.4) is 0 Å². The fourth-order valence-electron chi connectivity index (χ4n) is 1.78. The van der Waals surface area contributed by atoms with Gasteiger partial charge in [-0.2, -0.15) is 0 Å². The van der Waals surface area contributed by atoms with Crippen LogP contribution in [0.4, 0.5) is 0 Å². The molecule has 0 amide bonds. The van der Waals surface area contributed by atoms with E-state index in [1.54, 1.807) is 7.11 Å². The molecular formula is C13H20BrNO2. The van der Waals surface area contributed by atoms with Crippen molar-refractivity contribution in [1.29, 1.82) is 0 Å². The van der Waals surface area contributed by atoms with Crippen molar-refractivity contribution in [3.63, 3.8) is 0 Å². The first-order chi connectivity index (χ1) is 8.08. The number of aliphatic hydroxyl groups excluding tert-OH is 1. The molecule has 1 rings (SSSR count). The minimum atomic E-state index is 0.213. The molecular weight excluding hydrogens is 282 g/mol. The molecule has 2 atom stereocenters. The molecule has 0 bridgehead atoms. The molecule has 0 heterocycles. The Morgan fingerprint density at radius 1 is 1.41 bits per heavy atom. The third kappa shape index (κ3) is 4.30. The zero-order valence-electron chi connectivity index (χ0n) is 10.5. The van der Waals surface area contributed by atoms with Crippen LogP contribution in [-0.4, -0.2) is 24.9 Å². The summed E-state index contributed by atoms with van der Waals surface area (Å²) in [6.07, 6.45) is 0.762. The predicted octanol–water partition coefficient (Wildman–Crippen LogP) is 2.88. The Bertz CT molecular complexity index is 357. The minimum Gasteiger partial charge on any atom is -0.497 e. The standard InChI is InChI=1S/C13H20BrNO2/c1-9(6-7-16)15-10(2)12-5-4-11(17-3)8-13(12)14/h4-5,8-10,15-16H,6-7H2,1-3H3/t9-,10+/m0/s1. The van der Waals surface area contributed by atoms with Gasteiger partial charge in [-0.1, -0.05) is 22.0 Å². The van der Waals surface area contributed by atoms with E-state index in [4.69, 9.17) is 9.84 Å². The molecule has 0 aliphatic rings. The van der Waals surface area contributed by atoms with Crippen molar-refractivity contribution in [1.82, 2.24) is 5.32 Å². The second-order valence-corrected chi connectivity index (χ2v) is 5.04. The van der Waals surface area contributed by atoms with Crippen LogP contribution in [-0.2, 0) is 0 Å². The van der Waals surface area contributed by atoms with Gasteiger partial charge >= 0.3 is 0 Å². The van der Waals surface area contributed by atoms with Crippen molar-refractivity contribution in [2.45, 2.75) is 32.4 Å². The SMILES string of the molecule is COc1ccc([C@@H](C)N[C@@H](C)CCO)c(Br)c1. The van der Waals surface area contributed by atoms with E-state index >= 15 is 0 Å². The molecule has 1 aromatic carbocycles. The highest BCUT2D eigenvalue weighted by molar-refractivity contribution is 9.10. The van der Waals surface area contributed by atoms with Crippen molar-refractivity contribution < 1.29 is 9.84 Å². The van der Waals surface area contributed by atoms with Crippen LogP contribution in [0.15, 0.2) is 22.7 Å². The molecule has 3 nitrogen and oxygen atoms in total. The molecule has 4 heteroatoms. The molecule has 96 valence electrons. The molecule has 0 aromatic heterocycles. The summed E-state index contributed by atoms with van der Waals surface area (Å²) in [5.41, 5.74) is 1.19. The molecule has 1 aromatic rings. The summed E-state index contributed by atoms with van der Waals surface area (Å²) in [5.74, 6) is 0.844. The largest absolute Gasteiger partial charge is 0.497 e. The van der Waals surface area contributed by atoms with Gasteiger partial charge in [-0.25, -0.2) is 0 Å². The maximum absolute atomic E-state index is 8.88. The summed E-state index contributed by atoms with van der Waals surface area (Å²) in [4.78, 5) is 0. The van der Waals surface area contributed by atoms with E-state index in [-0.39, 0.29) is 12.6 Å². The Morgan fingerprint density at radius 3 is 2.65 bits per heavy atom. The van der Waals surface area contributed by atoms with E-state index in [9.17, 15) is 0 Å². The Morgan fingerprint density at radius 2 is 2.12 bits per heavy atom. The van der Waals surface area contributed by atoms with E-state index in [1.807, 2.05) is 18.2 Å². The predicted molar refractivity (Wildman–Crippen MR) is 73.4 cm³/mol. The summed E-state index contributed by atoms with van der Waals surface area (Å²) in [6.45, 7) is 4.40. The van der Waals surface area contributed by atoms with E-state index in [0.29, 0.717) is 6.04 Å². The molecule has 0 aliphatic carbocycles. The van der Waals surface area contributed by atoms with Crippen LogP contribution in [0.5, 0.6) is 5.75 Å². The number of methoxy groups -OCH3 is 1. The summed E-state index contributed by atoms with van der Waals surface area (Å²) in [5, 5.41) is 12.3. The van der Waals surface area contributed by atoms with Gasteiger partial charge in [0, 0.05) is 23.2 Å². The van der Waals surface area contributed by atoms with Crippen LogP contribution < -0.4 is 10.1 Å². The number of hydrogen-bond donors (Lipinski definition) is 2. The third-order valence-electron chi connectivity index (χ3n) is 2.77. The normalized spacial score (nSPS) is 14.4. The first-order valence-electron chi connectivity index (χ1n) is 5.78. The third-order valence-corrected chi connectivity index (χ3v) is 3.46. The summed E-state index contributed by atoms with van der Waals surface area (Å²) in [7, 11) is 1.66. The molecule has 0 unspecified atom stereocenters. The second kappa shape index (κ2) is 6.99. The monoisotopic (exact) mass is 301 g/mol. The van der Waals surface area contributed by atoms with Crippen LogP contribution >= 0.6 is 15.9 Å².